The fourth-order valence-corrected chi connectivity index (χ4v) is 4.79. The third-order valence-corrected chi connectivity index (χ3v) is 6.16. The molecule has 6 heteroatoms. The van der Waals surface area contributed by atoms with Gasteiger partial charge in [0.1, 0.15) is 28.0 Å². The summed E-state index contributed by atoms with van der Waals surface area (Å²) < 4.78 is 10.8. The topological polar surface area (TPSA) is 56.3 Å². The van der Waals surface area contributed by atoms with Gasteiger partial charge < -0.3 is 14.8 Å². The predicted octanol–water partition coefficient (Wildman–Crippen LogP) is 6.04. The maximum Gasteiger partial charge on any atom is 0.139 e. The number of thiophene rings is 1. The average molecular weight is 434 g/mol. The highest BCUT2D eigenvalue weighted by atomic mass is 32.1. The number of aromatic nitrogens is 2. The van der Waals surface area contributed by atoms with Crippen LogP contribution in [-0.4, -0.2) is 30.2 Å². The number of nitrogens with one attached hydrogen (secondary N) is 1. The first-order chi connectivity index (χ1) is 15.1. The second-order valence-corrected chi connectivity index (χ2v) is 8.52. The number of nitrogens with zero attached hydrogens (tertiary/aromatic N) is 2. The summed E-state index contributed by atoms with van der Waals surface area (Å²) in [6.45, 7) is 7.53. The molecule has 0 bridgehead atoms. The van der Waals surface area contributed by atoms with Gasteiger partial charge in [-0.2, -0.15) is 0 Å². The zero-order chi connectivity index (χ0) is 21.8. The van der Waals surface area contributed by atoms with E-state index >= 15 is 0 Å². The van der Waals surface area contributed by atoms with Crippen LogP contribution < -0.4 is 14.8 Å². The lowest BCUT2D eigenvalue weighted by molar-refractivity contribution is 0.340. The van der Waals surface area contributed by atoms with Crippen LogP contribution in [0.1, 0.15) is 23.2 Å². The Morgan fingerprint density at radius 1 is 0.935 bits per heavy atom. The van der Waals surface area contributed by atoms with Crippen molar-refractivity contribution in [1.29, 1.82) is 0 Å². The Balaban J connectivity index is 1.63. The minimum atomic E-state index is 0.662. The van der Waals surface area contributed by atoms with Crippen molar-refractivity contribution in [1.82, 2.24) is 9.97 Å². The minimum Gasteiger partial charge on any atom is -0.497 e. The van der Waals surface area contributed by atoms with Crippen molar-refractivity contribution in [2.24, 2.45) is 0 Å². The van der Waals surface area contributed by atoms with E-state index in [0.29, 0.717) is 6.61 Å². The summed E-state index contributed by atoms with van der Waals surface area (Å²) in [5.74, 6) is 3.43. The van der Waals surface area contributed by atoms with Crippen LogP contribution in [0.25, 0.3) is 21.3 Å². The van der Waals surface area contributed by atoms with Gasteiger partial charge in [-0.3, -0.25) is 0 Å². The zero-order valence-corrected chi connectivity index (χ0v) is 19.2. The minimum absolute atomic E-state index is 0.662. The van der Waals surface area contributed by atoms with Gasteiger partial charge >= 0.3 is 0 Å². The first-order valence-corrected chi connectivity index (χ1v) is 11.3. The molecule has 31 heavy (non-hydrogen) atoms. The number of hydrogen-bond donors (Lipinski definition) is 1. The molecule has 160 valence electrons. The van der Waals surface area contributed by atoms with Crippen molar-refractivity contribution < 1.29 is 9.47 Å². The normalized spacial score (nSPS) is 11.0. The van der Waals surface area contributed by atoms with Gasteiger partial charge in [0.05, 0.1) is 19.1 Å². The Morgan fingerprint density at radius 2 is 1.65 bits per heavy atom. The molecule has 0 radical (unpaired) electrons. The third kappa shape index (κ3) is 4.64. The van der Waals surface area contributed by atoms with Crippen molar-refractivity contribution in [3.8, 4) is 22.6 Å². The Kier molecular flexibility index (Phi) is 6.37. The van der Waals surface area contributed by atoms with E-state index in [1.165, 1.54) is 16.0 Å². The van der Waals surface area contributed by atoms with Gasteiger partial charge in [0, 0.05) is 17.0 Å². The highest BCUT2D eigenvalue weighted by Crippen LogP contribution is 2.41. The standard InChI is InChI=1S/C25H27N3O2S/c1-5-30-21-12-8-19(9-13-21)22-16(2)31-25-23(22)24(27-17(3)28-25)26-15-14-18-6-10-20(29-4)11-7-18/h6-13H,5,14-15H2,1-4H3,(H,26,27,28). The van der Waals surface area contributed by atoms with Crippen molar-refractivity contribution >= 4 is 27.4 Å². The highest BCUT2D eigenvalue weighted by Gasteiger charge is 2.17. The molecule has 0 aliphatic carbocycles. The Morgan fingerprint density at radius 3 is 2.32 bits per heavy atom. The van der Waals surface area contributed by atoms with E-state index in [4.69, 9.17) is 19.4 Å². The Labute approximate surface area is 187 Å². The van der Waals surface area contributed by atoms with Gasteiger partial charge in [-0.1, -0.05) is 24.3 Å². The maximum atomic E-state index is 5.60. The van der Waals surface area contributed by atoms with E-state index in [2.05, 4.69) is 36.5 Å². The second-order valence-electron chi connectivity index (χ2n) is 7.32. The van der Waals surface area contributed by atoms with Crippen molar-refractivity contribution in [3.63, 3.8) is 0 Å². The summed E-state index contributed by atoms with van der Waals surface area (Å²) in [6, 6.07) is 16.5. The first kappa shape index (κ1) is 21.1. The lowest BCUT2D eigenvalue weighted by Crippen LogP contribution is -2.08. The average Bonchev–Trinajstić information content (AvgIpc) is 3.10. The molecule has 0 atom stereocenters. The van der Waals surface area contributed by atoms with Crippen molar-refractivity contribution in [3.05, 3.63) is 64.8 Å². The highest BCUT2D eigenvalue weighted by molar-refractivity contribution is 7.19. The zero-order valence-electron chi connectivity index (χ0n) is 18.4. The molecule has 4 rings (SSSR count). The number of aryl methyl sites for hydroxylation is 2. The quantitative estimate of drug-likeness (QED) is 0.367. The summed E-state index contributed by atoms with van der Waals surface area (Å²) in [5.41, 5.74) is 3.59. The van der Waals surface area contributed by atoms with Crippen LogP contribution in [0.4, 0.5) is 5.82 Å². The van der Waals surface area contributed by atoms with Crippen LogP contribution in [0, 0.1) is 13.8 Å². The van der Waals surface area contributed by atoms with Gasteiger partial charge in [0.25, 0.3) is 0 Å². The summed E-state index contributed by atoms with van der Waals surface area (Å²) in [6.07, 6.45) is 0.899. The van der Waals surface area contributed by atoms with Crippen LogP contribution in [0.3, 0.4) is 0 Å². The molecule has 0 unspecified atom stereocenters. The van der Waals surface area contributed by atoms with Crippen molar-refractivity contribution in [2.45, 2.75) is 27.2 Å². The second kappa shape index (κ2) is 9.35. The predicted molar refractivity (Wildman–Crippen MR) is 129 cm³/mol. The summed E-state index contributed by atoms with van der Waals surface area (Å²) in [5, 5.41) is 4.65. The monoisotopic (exact) mass is 433 g/mol. The molecule has 0 aliphatic heterocycles. The van der Waals surface area contributed by atoms with Crippen molar-refractivity contribution in [2.75, 3.05) is 25.6 Å². The van der Waals surface area contributed by atoms with E-state index in [0.717, 1.165) is 51.9 Å². The van der Waals surface area contributed by atoms with Crippen LogP contribution in [0.5, 0.6) is 11.5 Å². The lowest BCUT2D eigenvalue weighted by atomic mass is 10.0. The molecule has 1 N–H and O–H groups in total. The van der Waals surface area contributed by atoms with E-state index in [9.17, 15) is 0 Å². The molecule has 0 aliphatic rings. The van der Waals surface area contributed by atoms with E-state index < -0.39 is 0 Å². The number of rotatable bonds is 8. The Hall–Kier alpha value is -3.12. The number of anilines is 1. The Bertz CT molecular complexity index is 1170. The first-order valence-electron chi connectivity index (χ1n) is 10.5. The number of hydrogen-bond acceptors (Lipinski definition) is 6. The fourth-order valence-electron chi connectivity index (χ4n) is 3.70. The lowest BCUT2D eigenvalue weighted by Gasteiger charge is -2.11. The molecule has 0 saturated heterocycles. The molecular weight excluding hydrogens is 406 g/mol. The van der Waals surface area contributed by atoms with E-state index in [1.54, 1.807) is 18.4 Å². The van der Waals surface area contributed by atoms with E-state index in [1.807, 2.05) is 38.1 Å². The molecule has 4 aromatic rings. The third-order valence-electron chi connectivity index (χ3n) is 5.16. The maximum absolute atomic E-state index is 5.60. The molecule has 2 aromatic carbocycles. The van der Waals surface area contributed by atoms with Gasteiger partial charge in [-0.05, 0) is 62.6 Å². The molecular formula is C25H27N3O2S. The van der Waals surface area contributed by atoms with Crippen LogP contribution >= 0.6 is 11.3 Å². The SMILES string of the molecule is CCOc1ccc(-c2c(C)sc3nc(C)nc(NCCc4ccc(OC)cc4)c23)cc1. The van der Waals surface area contributed by atoms with Crippen LogP contribution in [0.15, 0.2) is 48.5 Å². The summed E-state index contributed by atoms with van der Waals surface area (Å²) in [7, 11) is 1.68. The van der Waals surface area contributed by atoms with Crippen LogP contribution in [-0.2, 0) is 6.42 Å². The van der Waals surface area contributed by atoms with Gasteiger partial charge in [0.2, 0.25) is 0 Å². The number of benzene rings is 2. The number of methoxy groups -OCH3 is 1. The molecule has 0 amide bonds. The molecule has 2 aromatic heterocycles. The van der Waals surface area contributed by atoms with Gasteiger partial charge in [-0.15, -0.1) is 11.3 Å². The molecule has 5 nitrogen and oxygen atoms in total. The summed E-state index contributed by atoms with van der Waals surface area (Å²) >= 11 is 1.71. The fraction of sp³-hybridized carbons (Fsp3) is 0.280. The summed E-state index contributed by atoms with van der Waals surface area (Å²) in [4.78, 5) is 11.7. The molecule has 0 fully saturated rings. The van der Waals surface area contributed by atoms with Gasteiger partial charge in [0.15, 0.2) is 0 Å². The number of fused-ring (bicyclic) bond motifs is 1. The van der Waals surface area contributed by atoms with Crippen LogP contribution in [0.2, 0.25) is 0 Å². The molecule has 2 heterocycles. The number of ether oxygens (including phenoxy) is 2. The van der Waals surface area contributed by atoms with Gasteiger partial charge in [-0.25, -0.2) is 9.97 Å². The molecule has 0 saturated carbocycles. The largest absolute Gasteiger partial charge is 0.497 e. The smallest absolute Gasteiger partial charge is 0.139 e. The molecule has 0 spiro atoms. The van der Waals surface area contributed by atoms with E-state index in [-0.39, 0.29) is 0 Å².